The maximum absolute atomic E-state index is 12.1. The second-order valence-corrected chi connectivity index (χ2v) is 5.42. The fourth-order valence-electron chi connectivity index (χ4n) is 2.63. The summed E-state index contributed by atoms with van der Waals surface area (Å²) in [5, 5.41) is 0. The molecule has 1 aromatic rings. The smallest absolute Gasteiger partial charge is 0.216 e. The highest BCUT2D eigenvalue weighted by atomic mass is 16.1. The third kappa shape index (κ3) is 3.40. The van der Waals surface area contributed by atoms with Gasteiger partial charge in [-0.25, -0.2) is 0 Å². The van der Waals surface area contributed by atoms with E-state index in [1.54, 1.807) is 0 Å². The van der Waals surface area contributed by atoms with E-state index in [9.17, 15) is 4.79 Å². The number of likely N-dealkylation sites (tertiary alicyclic amines) is 1. The number of Topliss-reactive ketones (excluding diaryl/α,β-unsaturated/α-hetero) is 1. The van der Waals surface area contributed by atoms with Crippen molar-refractivity contribution in [2.75, 3.05) is 19.6 Å². The number of nitrogens with one attached hydrogen (secondary N) is 1. The number of ketones is 1. The number of aryl methyl sites for hydroxylation is 1. The highest BCUT2D eigenvalue weighted by molar-refractivity contribution is 5.96. The fraction of sp³-hybridized carbons (Fsp3) is 0.533. The van der Waals surface area contributed by atoms with Crippen LogP contribution in [0.3, 0.4) is 0 Å². The molecule has 2 rings (SSSR count). The van der Waals surface area contributed by atoms with Crippen molar-refractivity contribution >= 4 is 5.78 Å². The van der Waals surface area contributed by atoms with Crippen LogP contribution in [0.5, 0.6) is 0 Å². The minimum atomic E-state index is 0.286. The summed E-state index contributed by atoms with van der Waals surface area (Å²) in [5.74, 6) is 1.05. The van der Waals surface area contributed by atoms with Crippen LogP contribution < -0.4 is 4.90 Å². The molecule has 1 aromatic carbocycles. The summed E-state index contributed by atoms with van der Waals surface area (Å²) in [6.45, 7) is 7.30. The molecule has 1 aliphatic heterocycles. The molecule has 0 amide bonds. The van der Waals surface area contributed by atoms with Crippen LogP contribution in [-0.4, -0.2) is 25.4 Å². The highest BCUT2D eigenvalue weighted by Gasteiger charge is 2.22. The maximum Gasteiger partial charge on any atom is 0.216 e. The fourth-order valence-corrected chi connectivity index (χ4v) is 2.63. The number of rotatable bonds is 3. The summed E-state index contributed by atoms with van der Waals surface area (Å²) in [5.41, 5.74) is 2.07. The van der Waals surface area contributed by atoms with Gasteiger partial charge in [-0.05, 0) is 19.8 Å². The van der Waals surface area contributed by atoms with Crippen LogP contribution in [-0.2, 0) is 0 Å². The van der Waals surface area contributed by atoms with Crippen molar-refractivity contribution in [3.63, 3.8) is 0 Å². The lowest BCUT2D eigenvalue weighted by atomic mass is 9.99. The van der Waals surface area contributed by atoms with Gasteiger partial charge >= 0.3 is 0 Å². The first-order chi connectivity index (χ1) is 8.15. The number of benzene rings is 1. The van der Waals surface area contributed by atoms with Crippen LogP contribution >= 0.6 is 0 Å². The number of carbonyl (C=O) groups is 1. The molecule has 0 radical (unpaired) electrons. The Morgan fingerprint density at radius 2 is 2.06 bits per heavy atom. The summed E-state index contributed by atoms with van der Waals surface area (Å²) >= 11 is 0. The van der Waals surface area contributed by atoms with Gasteiger partial charge in [0, 0.05) is 11.5 Å². The Kier molecular flexibility index (Phi) is 3.95. The Balaban J connectivity index is 1.94. The van der Waals surface area contributed by atoms with Crippen LogP contribution in [0.4, 0.5) is 0 Å². The van der Waals surface area contributed by atoms with E-state index in [1.807, 2.05) is 31.2 Å². The molecule has 1 fully saturated rings. The van der Waals surface area contributed by atoms with E-state index in [1.165, 1.54) is 23.3 Å². The topological polar surface area (TPSA) is 21.5 Å². The molecule has 2 atom stereocenters. The molecule has 92 valence electrons. The predicted molar refractivity (Wildman–Crippen MR) is 69.5 cm³/mol. The molecule has 1 aliphatic rings. The summed E-state index contributed by atoms with van der Waals surface area (Å²) in [7, 11) is 0. The van der Waals surface area contributed by atoms with Gasteiger partial charge in [-0.2, -0.15) is 0 Å². The van der Waals surface area contributed by atoms with Crippen LogP contribution in [0.1, 0.15) is 35.7 Å². The minimum absolute atomic E-state index is 0.286. The summed E-state index contributed by atoms with van der Waals surface area (Å²) < 4.78 is 0. The Hall–Kier alpha value is -1.15. The lowest BCUT2D eigenvalue weighted by Gasteiger charge is -2.27. The standard InChI is InChI=1S/C15H21NO/c1-12-5-7-14(8-6-12)15(17)11-16-9-3-4-13(2)10-16/h5-8,13H,3-4,9-11H2,1-2H3/p+1/t13-/m0/s1. The third-order valence-electron chi connectivity index (χ3n) is 3.65. The molecule has 1 saturated heterocycles. The molecule has 1 heterocycles. The Bertz CT molecular complexity index is 382. The van der Waals surface area contributed by atoms with Crippen molar-refractivity contribution in [2.24, 2.45) is 5.92 Å². The van der Waals surface area contributed by atoms with Crippen molar-refractivity contribution in [1.82, 2.24) is 0 Å². The van der Waals surface area contributed by atoms with Crippen LogP contribution in [0, 0.1) is 12.8 Å². The van der Waals surface area contributed by atoms with E-state index >= 15 is 0 Å². The molecule has 0 aliphatic carbocycles. The largest absolute Gasteiger partial charge is 0.328 e. The van der Waals surface area contributed by atoms with Crippen molar-refractivity contribution in [3.05, 3.63) is 35.4 Å². The molecular formula is C15H22NO+. The molecular weight excluding hydrogens is 210 g/mol. The monoisotopic (exact) mass is 232 g/mol. The average molecular weight is 232 g/mol. The summed E-state index contributed by atoms with van der Waals surface area (Å²) in [4.78, 5) is 13.6. The Morgan fingerprint density at radius 1 is 1.35 bits per heavy atom. The molecule has 0 spiro atoms. The van der Waals surface area contributed by atoms with Gasteiger partial charge in [-0.15, -0.1) is 0 Å². The van der Waals surface area contributed by atoms with Crippen molar-refractivity contribution in [2.45, 2.75) is 26.7 Å². The number of hydrogen-bond acceptors (Lipinski definition) is 1. The molecule has 17 heavy (non-hydrogen) atoms. The zero-order chi connectivity index (χ0) is 12.3. The highest BCUT2D eigenvalue weighted by Crippen LogP contribution is 2.06. The lowest BCUT2D eigenvalue weighted by Crippen LogP contribution is -3.14. The zero-order valence-electron chi connectivity index (χ0n) is 10.8. The van der Waals surface area contributed by atoms with E-state index in [0.717, 1.165) is 24.6 Å². The molecule has 0 saturated carbocycles. The lowest BCUT2D eigenvalue weighted by molar-refractivity contribution is -0.900. The van der Waals surface area contributed by atoms with Crippen LogP contribution in [0.25, 0.3) is 0 Å². The Labute approximate surface area is 104 Å². The first-order valence-electron chi connectivity index (χ1n) is 6.58. The quantitative estimate of drug-likeness (QED) is 0.784. The maximum atomic E-state index is 12.1. The van der Waals surface area contributed by atoms with Gasteiger partial charge in [0.15, 0.2) is 0 Å². The summed E-state index contributed by atoms with van der Waals surface area (Å²) in [6, 6.07) is 7.93. The second kappa shape index (κ2) is 5.46. The number of piperidine rings is 1. The van der Waals surface area contributed by atoms with E-state index in [-0.39, 0.29) is 5.78 Å². The van der Waals surface area contributed by atoms with Crippen LogP contribution in [0.2, 0.25) is 0 Å². The molecule has 0 aromatic heterocycles. The number of carbonyl (C=O) groups excluding carboxylic acids is 1. The van der Waals surface area contributed by atoms with Gasteiger partial charge in [-0.1, -0.05) is 36.8 Å². The second-order valence-electron chi connectivity index (χ2n) is 5.42. The first kappa shape index (κ1) is 12.3. The Morgan fingerprint density at radius 3 is 2.71 bits per heavy atom. The SMILES string of the molecule is Cc1ccc(C(=O)C[NH+]2CCC[C@H](C)C2)cc1. The average Bonchev–Trinajstić information content (AvgIpc) is 2.29. The van der Waals surface area contributed by atoms with Gasteiger partial charge in [0.05, 0.1) is 13.1 Å². The number of hydrogen-bond donors (Lipinski definition) is 1. The van der Waals surface area contributed by atoms with Gasteiger partial charge in [0.1, 0.15) is 6.54 Å². The van der Waals surface area contributed by atoms with Crippen molar-refractivity contribution in [3.8, 4) is 0 Å². The molecule has 1 N–H and O–H groups in total. The predicted octanol–water partition coefficient (Wildman–Crippen LogP) is 1.49. The normalized spacial score (nSPS) is 24.6. The van der Waals surface area contributed by atoms with Gasteiger partial charge in [-0.3, -0.25) is 4.79 Å². The van der Waals surface area contributed by atoms with Gasteiger partial charge in [0.25, 0.3) is 0 Å². The van der Waals surface area contributed by atoms with Crippen LogP contribution in [0.15, 0.2) is 24.3 Å². The van der Waals surface area contributed by atoms with E-state index in [2.05, 4.69) is 6.92 Å². The van der Waals surface area contributed by atoms with Gasteiger partial charge < -0.3 is 4.90 Å². The minimum Gasteiger partial charge on any atom is -0.328 e. The third-order valence-corrected chi connectivity index (χ3v) is 3.65. The molecule has 1 unspecified atom stereocenters. The van der Waals surface area contributed by atoms with Gasteiger partial charge in [0.2, 0.25) is 5.78 Å². The van der Waals surface area contributed by atoms with Crippen molar-refractivity contribution in [1.29, 1.82) is 0 Å². The van der Waals surface area contributed by atoms with E-state index in [4.69, 9.17) is 0 Å². The molecule has 0 bridgehead atoms. The van der Waals surface area contributed by atoms with E-state index in [0.29, 0.717) is 6.54 Å². The number of quaternary nitrogens is 1. The first-order valence-corrected chi connectivity index (χ1v) is 6.58. The zero-order valence-corrected chi connectivity index (χ0v) is 10.8. The van der Waals surface area contributed by atoms with E-state index < -0.39 is 0 Å². The molecule has 2 heteroatoms. The molecule has 2 nitrogen and oxygen atoms in total. The summed E-state index contributed by atoms with van der Waals surface area (Å²) in [6.07, 6.45) is 2.58. The van der Waals surface area contributed by atoms with Crippen molar-refractivity contribution < 1.29 is 9.69 Å².